The van der Waals surface area contributed by atoms with Crippen molar-refractivity contribution in [2.45, 2.75) is 273 Å². The number of hydrogen-bond donors (Lipinski definition) is 0. The standard InChI is InChI=1S/4C20H22ClF.2C20H22F2.6H2/c2*1-13-3-6-15(7-4-13)16-8-10-17(11-9-16)18-12-5-14(2)20(22)19(18)21;4*1-13-3-6-15(7-4-13)16-8-10-17(11-9-16)18-12-5-14(2)19(21)20(18)22;;;;;;/h6*5,8-13,15H,3-4,6-7H2,1-2H3;6*1H. The van der Waals surface area contributed by atoms with Crippen molar-refractivity contribution in [3.63, 3.8) is 0 Å². The molecule has 0 nitrogen and oxygen atoms in total. The highest BCUT2D eigenvalue weighted by Gasteiger charge is 2.28. The predicted molar refractivity (Wildman–Crippen MR) is 554 cm³/mol. The van der Waals surface area contributed by atoms with Crippen LogP contribution < -0.4 is 0 Å². The maximum atomic E-state index is 14.3. The van der Waals surface area contributed by atoms with Gasteiger partial charge in [-0.25, -0.2) is 35.1 Å². The number of aryl methyl sites for hydroxylation is 6. The van der Waals surface area contributed by atoms with Gasteiger partial charge in [0, 0.05) is 41.9 Å². The number of hydrogen-bond acceptors (Lipinski definition) is 0. The van der Waals surface area contributed by atoms with Crippen molar-refractivity contribution in [1.29, 1.82) is 0 Å². The largest absolute Gasteiger partial charge is 0.205 e. The highest BCUT2D eigenvalue weighted by molar-refractivity contribution is 6.34. The van der Waals surface area contributed by atoms with Crippen LogP contribution in [0.5, 0.6) is 0 Å². The zero-order valence-corrected chi connectivity index (χ0v) is 82.2. The molecular weight excluding hydrogens is 1740 g/mol. The van der Waals surface area contributed by atoms with Crippen LogP contribution >= 0.6 is 46.4 Å². The topological polar surface area (TPSA) is 0 Å². The Morgan fingerprint density at radius 3 is 0.508 bits per heavy atom. The van der Waals surface area contributed by atoms with E-state index in [2.05, 4.69) is 139 Å². The van der Waals surface area contributed by atoms with Crippen LogP contribution in [0.3, 0.4) is 0 Å². The van der Waals surface area contributed by atoms with Crippen LogP contribution in [0.15, 0.2) is 218 Å². The third kappa shape index (κ3) is 25.7. The first-order valence-electron chi connectivity index (χ1n) is 48.7. The van der Waals surface area contributed by atoms with E-state index in [-0.39, 0.29) is 51.9 Å². The summed E-state index contributed by atoms with van der Waals surface area (Å²) in [6.07, 6.45) is 30.8. The van der Waals surface area contributed by atoms with E-state index in [9.17, 15) is 35.1 Å². The monoisotopic (exact) mass is 1880 g/mol. The van der Waals surface area contributed by atoms with Gasteiger partial charge in [-0.15, -0.1) is 0 Å². The molecule has 0 aliphatic heterocycles. The summed E-state index contributed by atoms with van der Waals surface area (Å²) in [5.74, 6) is 4.77. The Labute approximate surface area is 811 Å². The van der Waals surface area contributed by atoms with Gasteiger partial charge in [0.2, 0.25) is 0 Å². The smallest absolute Gasteiger partial charge is 0.166 e. The molecule has 6 saturated carbocycles. The summed E-state index contributed by atoms with van der Waals surface area (Å²) in [5.41, 5.74) is 20.2. The molecule has 0 spiro atoms. The van der Waals surface area contributed by atoms with Crippen LogP contribution in [-0.2, 0) is 0 Å². The van der Waals surface area contributed by atoms with Gasteiger partial charge in [0.05, 0.1) is 20.1 Å². The first-order chi connectivity index (χ1) is 63.4. The fraction of sp³-hybridized carbons (Fsp3) is 0.400. The average Bonchev–Trinajstić information content (AvgIpc) is 0.826. The van der Waals surface area contributed by atoms with Crippen molar-refractivity contribution >= 4 is 46.4 Å². The lowest BCUT2D eigenvalue weighted by Gasteiger charge is -2.26. The van der Waals surface area contributed by atoms with Gasteiger partial charge in [0.15, 0.2) is 23.3 Å². The molecule has 0 N–H and O–H groups in total. The number of halogens is 12. The number of benzene rings is 12. The van der Waals surface area contributed by atoms with Crippen molar-refractivity contribution in [3.05, 3.63) is 352 Å². The Morgan fingerprint density at radius 2 is 0.318 bits per heavy atom. The summed E-state index contributed by atoms with van der Waals surface area (Å²) < 4.78 is 112. The number of rotatable bonds is 12. The minimum atomic E-state index is -0.751. The molecule has 0 unspecified atom stereocenters. The van der Waals surface area contributed by atoms with E-state index in [1.54, 1.807) is 64.1 Å². The van der Waals surface area contributed by atoms with E-state index in [1.165, 1.54) is 187 Å². The van der Waals surface area contributed by atoms with Crippen LogP contribution in [-0.4, -0.2) is 0 Å². The molecule has 6 aliphatic carbocycles. The summed E-state index contributed by atoms with van der Waals surface area (Å²) in [6, 6.07) is 71.0. The zero-order valence-electron chi connectivity index (χ0n) is 79.2. The third-order valence-corrected chi connectivity index (χ3v) is 31.6. The van der Waals surface area contributed by atoms with Crippen LogP contribution in [0.25, 0.3) is 66.8 Å². The lowest BCUT2D eigenvalue weighted by atomic mass is 9.79. The van der Waals surface area contributed by atoms with Crippen molar-refractivity contribution in [3.8, 4) is 66.8 Å². The van der Waals surface area contributed by atoms with Crippen LogP contribution in [0.1, 0.15) is 306 Å². The van der Waals surface area contributed by atoms with Gasteiger partial charge in [0.1, 0.15) is 23.3 Å². The second-order valence-electron chi connectivity index (χ2n) is 39.8. The Kier molecular flexibility index (Phi) is 36.0. The average molecular weight is 1880 g/mol. The summed E-state index contributed by atoms with van der Waals surface area (Å²) in [4.78, 5) is 0. The minimum absolute atomic E-state index is 0. The van der Waals surface area contributed by atoms with E-state index in [0.29, 0.717) is 80.0 Å². The molecule has 12 aromatic carbocycles. The summed E-state index contributed by atoms with van der Waals surface area (Å²) >= 11 is 24.4. The Balaban J connectivity index is 0.000000223. The maximum absolute atomic E-state index is 14.3. The lowest BCUT2D eigenvalue weighted by molar-refractivity contribution is 0.348. The fourth-order valence-electron chi connectivity index (χ4n) is 20.4. The second kappa shape index (κ2) is 47.1. The molecule has 0 radical (unpaired) electrons. The molecule has 12 heteroatoms. The van der Waals surface area contributed by atoms with E-state index in [1.807, 2.05) is 98.8 Å². The molecule has 708 valence electrons. The summed E-state index contributed by atoms with van der Waals surface area (Å²) in [6.45, 7) is 24.3. The van der Waals surface area contributed by atoms with Gasteiger partial charge in [-0.3, -0.25) is 0 Å². The molecule has 0 bridgehead atoms. The summed E-state index contributed by atoms with van der Waals surface area (Å²) in [5, 5.41) is 0.893. The molecule has 0 saturated heterocycles. The predicted octanol–water partition coefficient (Wildman–Crippen LogP) is 40.9. The molecule has 0 atom stereocenters. The molecule has 6 aliphatic rings. The second-order valence-corrected chi connectivity index (χ2v) is 41.3. The van der Waals surface area contributed by atoms with E-state index in [0.717, 1.165) is 91.1 Å². The van der Waals surface area contributed by atoms with Crippen LogP contribution in [0.2, 0.25) is 20.1 Å². The van der Waals surface area contributed by atoms with E-state index >= 15 is 0 Å². The van der Waals surface area contributed by atoms with Crippen LogP contribution in [0.4, 0.5) is 35.1 Å². The van der Waals surface area contributed by atoms with Gasteiger partial charge < -0.3 is 0 Å². The Morgan fingerprint density at radius 1 is 0.167 bits per heavy atom. The van der Waals surface area contributed by atoms with Gasteiger partial charge >= 0.3 is 0 Å². The molecule has 132 heavy (non-hydrogen) atoms. The Bertz CT molecular complexity index is 4870. The van der Waals surface area contributed by atoms with E-state index in [4.69, 9.17) is 46.4 Å². The molecule has 0 aromatic heterocycles. The van der Waals surface area contributed by atoms with Crippen LogP contribution in [0, 0.1) is 124 Å². The fourth-order valence-corrected chi connectivity index (χ4v) is 21.4. The molecule has 0 heterocycles. The van der Waals surface area contributed by atoms with Gasteiger partial charge in [0.25, 0.3) is 0 Å². The zero-order chi connectivity index (χ0) is 94.1. The highest BCUT2D eigenvalue weighted by Crippen LogP contribution is 2.46. The maximum Gasteiger partial charge on any atom is 0.166 e. The SMILES string of the molecule is Cc1ccc(-c2ccc(C3CCC(C)CC3)cc2)c(Cl)c1F.Cc1ccc(-c2ccc(C3CCC(C)CC3)cc2)c(Cl)c1F.Cc1ccc(-c2ccc(C3CCC(C)CC3)cc2)c(F)c1Cl.Cc1ccc(-c2ccc(C3CCC(C)CC3)cc2)c(F)c1Cl.Cc1ccc(-c2ccc(C3CCC(C)CC3)cc2)c(F)c1F.Cc1ccc(-c2ccc(C3CCC(C)CC3)cc2)c(F)c1F.[HH].[HH].[HH].[HH].[HH].[HH]. The van der Waals surface area contributed by atoms with Crippen molar-refractivity contribution in [2.75, 3.05) is 0 Å². The quantitative estimate of drug-likeness (QED) is 0.107. The molecular formula is C120H144Cl4F8. The van der Waals surface area contributed by atoms with Crippen molar-refractivity contribution < 1.29 is 43.7 Å². The van der Waals surface area contributed by atoms with E-state index < -0.39 is 23.3 Å². The van der Waals surface area contributed by atoms with Crippen molar-refractivity contribution in [1.82, 2.24) is 0 Å². The van der Waals surface area contributed by atoms with Gasteiger partial charge in [-0.05, 0) is 290 Å². The third-order valence-electron chi connectivity index (χ3n) is 29.9. The van der Waals surface area contributed by atoms with Crippen molar-refractivity contribution in [2.24, 2.45) is 35.5 Å². The first kappa shape index (κ1) is 101. The molecule has 0 amide bonds. The highest BCUT2D eigenvalue weighted by atomic mass is 35.5. The van der Waals surface area contributed by atoms with Gasteiger partial charge in [-0.2, -0.15) is 0 Å². The lowest BCUT2D eigenvalue weighted by Crippen LogP contribution is -2.10. The molecule has 18 rings (SSSR count). The minimum Gasteiger partial charge on any atom is -0.205 e. The first-order valence-corrected chi connectivity index (χ1v) is 50.2. The molecule has 12 aromatic rings. The normalized spacial score (nSPS) is 21.8. The molecule has 6 fully saturated rings. The van der Waals surface area contributed by atoms with Gasteiger partial charge in [-0.1, -0.05) is 383 Å². The Hall–Kier alpha value is -8.76. The summed E-state index contributed by atoms with van der Waals surface area (Å²) in [7, 11) is 0.